The molecule has 0 spiro atoms. The van der Waals surface area contributed by atoms with Gasteiger partial charge in [-0.05, 0) is 49.5 Å². The number of anilines is 1. The van der Waals surface area contributed by atoms with Crippen molar-refractivity contribution in [1.29, 1.82) is 0 Å². The Kier molecular flexibility index (Phi) is 5.82. The zero-order valence-electron chi connectivity index (χ0n) is 15.3. The maximum Gasteiger partial charge on any atom is 0.258 e. The van der Waals surface area contributed by atoms with E-state index in [1.165, 1.54) is 5.56 Å². The SMILES string of the molecule is CN(C)Cc1cccc(N(Cc2ccccc2)C(=O)c2ccccc2)c1. The molecule has 0 N–H and O–H groups in total. The van der Waals surface area contributed by atoms with Crippen molar-refractivity contribution >= 4 is 11.6 Å². The zero-order valence-corrected chi connectivity index (χ0v) is 15.3. The summed E-state index contributed by atoms with van der Waals surface area (Å²) in [4.78, 5) is 17.2. The summed E-state index contributed by atoms with van der Waals surface area (Å²) >= 11 is 0. The number of carbonyl (C=O) groups excluding carboxylic acids is 1. The number of nitrogens with zero attached hydrogens (tertiary/aromatic N) is 2. The van der Waals surface area contributed by atoms with Gasteiger partial charge in [0, 0.05) is 17.8 Å². The summed E-state index contributed by atoms with van der Waals surface area (Å²) in [5, 5.41) is 0. The van der Waals surface area contributed by atoms with Crippen LogP contribution in [0.4, 0.5) is 5.69 Å². The first-order valence-electron chi connectivity index (χ1n) is 8.78. The van der Waals surface area contributed by atoms with Crippen LogP contribution in [0.1, 0.15) is 21.5 Å². The molecule has 1 amide bonds. The second-order valence-electron chi connectivity index (χ2n) is 6.65. The highest BCUT2D eigenvalue weighted by atomic mass is 16.2. The van der Waals surface area contributed by atoms with Crippen molar-refractivity contribution in [3.05, 3.63) is 102 Å². The van der Waals surface area contributed by atoms with Gasteiger partial charge in [0.1, 0.15) is 0 Å². The van der Waals surface area contributed by atoms with E-state index in [1.54, 1.807) is 0 Å². The van der Waals surface area contributed by atoms with Crippen molar-refractivity contribution in [2.75, 3.05) is 19.0 Å². The number of hydrogen-bond donors (Lipinski definition) is 0. The third-order valence-electron chi connectivity index (χ3n) is 4.17. The second kappa shape index (κ2) is 8.45. The Bertz CT molecular complexity index is 844. The Labute approximate surface area is 155 Å². The van der Waals surface area contributed by atoms with Crippen LogP contribution >= 0.6 is 0 Å². The molecule has 3 aromatic carbocycles. The molecule has 3 heteroatoms. The van der Waals surface area contributed by atoms with E-state index in [2.05, 4.69) is 29.2 Å². The Hall–Kier alpha value is -2.91. The molecule has 26 heavy (non-hydrogen) atoms. The molecule has 0 saturated carbocycles. The maximum absolute atomic E-state index is 13.2. The van der Waals surface area contributed by atoms with E-state index in [4.69, 9.17) is 0 Å². The lowest BCUT2D eigenvalue weighted by atomic mass is 10.1. The lowest BCUT2D eigenvalue weighted by molar-refractivity contribution is 0.0985. The monoisotopic (exact) mass is 344 g/mol. The van der Waals surface area contributed by atoms with Crippen LogP contribution in [-0.2, 0) is 13.1 Å². The molecule has 0 bridgehead atoms. The van der Waals surface area contributed by atoms with Crippen molar-refractivity contribution in [2.24, 2.45) is 0 Å². The fraction of sp³-hybridized carbons (Fsp3) is 0.174. The van der Waals surface area contributed by atoms with Gasteiger partial charge in [0.2, 0.25) is 0 Å². The fourth-order valence-corrected chi connectivity index (χ4v) is 2.97. The van der Waals surface area contributed by atoms with E-state index in [1.807, 2.05) is 79.7 Å². The van der Waals surface area contributed by atoms with Crippen molar-refractivity contribution in [3.8, 4) is 0 Å². The highest BCUT2D eigenvalue weighted by molar-refractivity contribution is 6.06. The van der Waals surface area contributed by atoms with Crippen molar-refractivity contribution in [3.63, 3.8) is 0 Å². The van der Waals surface area contributed by atoms with Crippen LogP contribution in [0.25, 0.3) is 0 Å². The van der Waals surface area contributed by atoms with Gasteiger partial charge >= 0.3 is 0 Å². The number of carbonyl (C=O) groups is 1. The molecule has 0 aliphatic rings. The molecule has 3 aromatic rings. The summed E-state index contributed by atoms with van der Waals surface area (Å²) in [5.41, 5.74) is 3.91. The fourth-order valence-electron chi connectivity index (χ4n) is 2.97. The molecule has 0 fully saturated rings. The summed E-state index contributed by atoms with van der Waals surface area (Å²) in [7, 11) is 4.09. The van der Waals surface area contributed by atoms with Gasteiger partial charge in [-0.15, -0.1) is 0 Å². The van der Waals surface area contributed by atoms with Gasteiger partial charge in [0.05, 0.1) is 6.54 Å². The van der Waals surface area contributed by atoms with E-state index in [0.29, 0.717) is 12.1 Å². The molecule has 132 valence electrons. The van der Waals surface area contributed by atoms with Gasteiger partial charge in [-0.3, -0.25) is 4.79 Å². The van der Waals surface area contributed by atoms with E-state index in [-0.39, 0.29) is 5.91 Å². The standard InChI is InChI=1S/C23H24N2O/c1-24(2)17-20-12-9-15-22(16-20)25(18-19-10-5-3-6-11-19)23(26)21-13-7-4-8-14-21/h3-16H,17-18H2,1-2H3. The maximum atomic E-state index is 13.2. The first-order valence-corrected chi connectivity index (χ1v) is 8.78. The molecule has 0 aliphatic carbocycles. The van der Waals surface area contributed by atoms with Crippen LogP contribution in [0.3, 0.4) is 0 Å². The summed E-state index contributed by atoms with van der Waals surface area (Å²) in [6.07, 6.45) is 0. The molecule has 0 aliphatic heterocycles. The molecule has 0 atom stereocenters. The molecule has 0 saturated heterocycles. The minimum Gasteiger partial charge on any atom is -0.305 e. The minimum absolute atomic E-state index is 0.0106. The smallest absolute Gasteiger partial charge is 0.258 e. The average molecular weight is 344 g/mol. The lowest BCUT2D eigenvalue weighted by Crippen LogP contribution is -2.30. The Morgan fingerprint density at radius 3 is 2.00 bits per heavy atom. The molecular formula is C23H24N2O. The Morgan fingerprint density at radius 2 is 1.35 bits per heavy atom. The van der Waals surface area contributed by atoms with E-state index >= 15 is 0 Å². The predicted molar refractivity (Wildman–Crippen MR) is 107 cm³/mol. The van der Waals surface area contributed by atoms with Crippen molar-refractivity contribution in [2.45, 2.75) is 13.1 Å². The highest BCUT2D eigenvalue weighted by Gasteiger charge is 2.18. The summed E-state index contributed by atoms with van der Waals surface area (Å²) in [6.45, 7) is 1.38. The van der Waals surface area contributed by atoms with Crippen LogP contribution in [0.2, 0.25) is 0 Å². The first-order chi connectivity index (χ1) is 12.6. The van der Waals surface area contributed by atoms with Gasteiger partial charge < -0.3 is 9.80 Å². The number of amides is 1. The number of benzene rings is 3. The van der Waals surface area contributed by atoms with Gasteiger partial charge in [-0.25, -0.2) is 0 Å². The van der Waals surface area contributed by atoms with E-state index in [9.17, 15) is 4.79 Å². The normalized spacial score (nSPS) is 10.7. The Morgan fingerprint density at radius 1 is 0.731 bits per heavy atom. The van der Waals surface area contributed by atoms with Gasteiger partial charge in [0.25, 0.3) is 5.91 Å². The topological polar surface area (TPSA) is 23.6 Å². The third kappa shape index (κ3) is 4.58. The van der Waals surface area contributed by atoms with Gasteiger partial charge in [-0.1, -0.05) is 60.7 Å². The van der Waals surface area contributed by atoms with Crippen LogP contribution < -0.4 is 4.90 Å². The van der Waals surface area contributed by atoms with Crippen molar-refractivity contribution in [1.82, 2.24) is 4.90 Å². The highest BCUT2D eigenvalue weighted by Crippen LogP contribution is 2.22. The first kappa shape index (κ1) is 17.9. The summed E-state index contributed by atoms with van der Waals surface area (Å²) in [6, 6.07) is 27.8. The quantitative estimate of drug-likeness (QED) is 0.653. The van der Waals surface area contributed by atoms with Crippen LogP contribution in [0, 0.1) is 0 Å². The van der Waals surface area contributed by atoms with E-state index < -0.39 is 0 Å². The largest absolute Gasteiger partial charge is 0.305 e. The molecule has 0 aromatic heterocycles. The average Bonchev–Trinajstić information content (AvgIpc) is 2.67. The molecule has 3 nitrogen and oxygen atoms in total. The lowest BCUT2D eigenvalue weighted by Gasteiger charge is -2.24. The molecule has 3 rings (SSSR count). The minimum atomic E-state index is 0.0106. The summed E-state index contributed by atoms with van der Waals surface area (Å²) < 4.78 is 0. The van der Waals surface area contributed by atoms with E-state index in [0.717, 1.165) is 17.8 Å². The van der Waals surface area contributed by atoms with Gasteiger partial charge in [-0.2, -0.15) is 0 Å². The molecule has 0 radical (unpaired) electrons. The van der Waals surface area contributed by atoms with Gasteiger partial charge in [0.15, 0.2) is 0 Å². The molecule has 0 heterocycles. The second-order valence-corrected chi connectivity index (χ2v) is 6.65. The number of hydrogen-bond acceptors (Lipinski definition) is 2. The Balaban J connectivity index is 1.96. The predicted octanol–water partition coefficient (Wildman–Crippen LogP) is 4.60. The summed E-state index contributed by atoms with van der Waals surface area (Å²) in [5.74, 6) is 0.0106. The molecule has 0 unspecified atom stereocenters. The van der Waals surface area contributed by atoms with Crippen LogP contribution in [-0.4, -0.2) is 24.9 Å². The third-order valence-corrected chi connectivity index (χ3v) is 4.17. The zero-order chi connectivity index (χ0) is 18.4. The number of rotatable bonds is 6. The van der Waals surface area contributed by atoms with Crippen LogP contribution in [0.15, 0.2) is 84.9 Å². The van der Waals surface area contributed by atoms with Crippen molar-refractivity contribution < 1.29 is 4.79 Å². The molecular weight excluding hydrogens is 320 g/mol. The van der Waals surface area contributed by atoms with Crippen LogP contribution in [0.5, 0.6) is 0 Å².